The van der Waals surface area contributed by atoms with Gasteiger partial charge in [-0.05, 0) is 49.4 Å². The zero-order chi connectivity index (χ0) is 19.6. The molecule has 7 nitrogen and oxygen atoms in total. The van der Waals surface area contributed by atoms with Crippen LogP contribution in [0, 0.1) is 12.8 Å². The monoisotopic (exact) mass is 371 g/mol. The molecule has 1 heterocycles. The van der Waals surface area contributed by atoms with Gasteiger partial charge in [-0.15, -0.1) is 0 Å². The largest absolute Gasteiger partial charge is 0.482 e. The SMILES string of the molecule is Cc1cc(OCC(=O)O)ccc1NC(=O)c1cnn(CC(C)C)c1C1CC1. The number of rotatable bonds is 8. The third-order valence-corrected chi connectivity index (χ3v) is 4.44. The van der Waals surface area contributed by atoms with E-state index in [1.807, 2.05) is 11.6 Å². The van der Waals surface area contributed by atoms with Gasteiger partial charge < -0.3 is 15.2 Å². The number of nitrogens with zero attached hydrogens (tertiary/aromatic N) is 2. The van der Waals surface area contributed by atoms with Crippen LogP contribution in [0.3, 0.4) is 0 Å². The second-order valence-corrected chi connectivity index (χ2v) is 7.41. The lowest BCUT2D eigenvalue weighted by Gasteiger charge is -2.13. The number of carboxylic acids is 1. The Kier molecular flexibility index (Phi) is 5.48. The molecule has 7 heteroatoms. The van der Waals surface area contributed by atoms with Crippen LogP contribution in [0.25, 0.3) is 0 Å². The summed E-state index contributed by atoms with van der Waals surface area (Å²) in [7, 11) is 0. The average molecular weight is 371 g/mol. The van der Waals surface area contributed by atoms with E-state index in [0.717, 1.165) is 30.6 Å². The molecule has 27 heavy (non-hydrogen) atoms. The second-order valence-electron chi connectivity index (χ2n) is 7.41. The first kappa shape index (κ1) is 18.9. The maximum Gasteiger partial charge on any atom is 0.341 e. The zero-order valence-electron chi connectivity index (χ0n) is 15.9. The number of hydrogen-bond donors (Lipinski definition) is 2. The summed E-state index contributed by atoms with van der Waals surface area (Å²) < 4.78 is 7.13. The molecule has 1 aliphatic rings. The first-order valence-corrected chi connectivity index (χ1v) is 9.17. The summed E-state index contributed by atoms with van der Waals surface area (Å²) in [6.07, 6.45) is 3.85. The molecular weight excluding hydrogens is 346 g/mol. The smallest absolute Gasteiger partial charge is 0.341 e. The van der Waals surface area contributed by atoms with Crippen LogP contribution in [-0.2, 0) is 11.3 Å². The Morgan fingerprint density at radius 1 is 1.37 bits per heavy atom. The molecular formula is C20H25N3O4. The summed E-state index contributed by atoms with van der Waals surface area (Å²) in [5.41, 5.74) is 3.12. The summed E-state index contributed by atoms with van der Waals surface area (Å²) in [5.74, 6) is 0.125. The highest BCUT2D eigenvalue weighted by Gasteiger charge is 2.32. The zero-order valence-corrected chi connectivity index (χ0v) is 15.9. The van der Waals surface area contributed by atoms with Crippen LogP contribution in [-0.4, -0.2) is 33.4 Å². The fourth-order valence-corrected chi connectivity index (χ4v) is 3.05. The first-order valence-electron chi connectivity index (χ1n) is 9.17. The minimum Gasteiger partial charge on any atom is -0.482 e. The molecule has 0 atom stereocenters. The van der Waals surface area contributed by atoms with Crippen molar-refractivity contribution >= 4 is 17.6 Å². The van der Waals surface area contributed by atoms with Crippen molar-refractivity contribution in [3.63, 3.8) is 0 Å². The Hall–Kier alpha value is -2.83. The Morgan fingerprint density at radius 2 is 2.11 bits per heavy atom. The number of amides is 1. The summed E-state index contributed by atoms with van der Waals surface area (Å²) in [4.78, 5) is 23.4. The van der Waals surface area contributed by atoms with Gasteiger partial charge in [0.05, 0.1) is 17.5 Å². The molecule has 0 saturated heterocycles. The molecule has 3 rings (SSSR count). The molecule has 2 N–H and O–H groups in total. The Balaban J connectivity index is 1.76. The molecule has 1 fully saturated rings. The maximum atomic E-state index is 12.8. The molecule has 0 spiro atoms. The minimum absolute atomic E-state index is 0.172. The van der Waals surface area contributed by atoms with Crippen LogP contribution in [0.4, 0.5) is 5.69 Å². The van der Waals surface area contributed by atoms with Crippen molar-refractivity contribution in [2.45, 2.75) is 46.1 Å². The lowest BCUT2D eigenvalue weighted by Crippen LogP contribution is -2.16. The fraction of sp³-hybridized carbons (Fsp3) is 0.450. The second kappa shape index (κ2) is 7.82. The van der Waals surface area contributed by atoms with Gasteiger partial charge in [0.2, 0.25) is 0 Å². The van der Waals surface area contributed by atoms with Crippen LogP contribution in [0.15, 0.2) is 24.4 Å². The Morgan fingerprint density at radius 3 is 2.70 bits per heavy atom. The predicted octanol–water partition coefficient (Wildman–Crippen LogP) is 3.44. The minimum atomic E-state index is -1.03. The van der Waals surface area contributed by atoms with E-state index in [2.05, 4.69) is 24.3 Å². The highest BCUT2D eigenvalue weighted by Crippen LogP contribution is 2.42. The summed E-state index contributed by atoms with van der Waals surface area (Å²) in [5, 5.41) is 16.1. The number of aromatic nitrogens is 2. The number of aliphatic carboxylic acids is 1. The van der Waals surface area contributed by atoms with Crippen LogP contribution in [0.1, 0.15) is 54.2 Å². The van der Waals surface area contributed by atoms with Crippen LogP contribution in [0.2, 0.25) is 0 Å². The third kappa shape index (κ3) is 4.67. The fourth-order valence-electron chi connectivity index (χ4n) is 3.05. The normalized spacial score (nSPS) is 13.6. The summed E-state index contributed by atoms with van der Waals surface area (Å²) in [6.45, 7) is 6.51. The molecule has 0 bridgehead atoms. The molecule has 1 aromatic heterocycles. The van der Waals surface area contributed by atoms with E-state index in [0.29, 0.717) is 28.8 Å². The average Bonchev–Trinajstić information content (AvgIpc) is 3.35. The maximum absolute atomic E-state index is 12.8. The molecule has 1 aromatic carbocycles. The van der Waals surface area contributed by atoms with E-state index in [1.165, 1.54) is 0 Å². The van der Waals surface area contributed by atoms with Gasteiger partial charge in [-0.1, -0.05) is 13.8 Å². The van der Waals surface area contributed by atoms with E-state index in [9.17, 15) is 9.59 Å². The molecule has 0 aliphatic heterocycles. The highest BCUT2D eigenvalue weighted by atomic mass is 16.5. The standard InChI is InChI=1S/C20H25N3O4/c1-12(2)10-23-19(14-4-5-14)16(9-21-23)20(26)22-17-7-6-15(8-13(17)3)27-11-18(24)25/h6-9,12,14H,4-5,10-11H2,1-3H3,(H,22,26)(H,24,25). The van der Waals surface area contributed by atoms with Crippen molar-refractivity contribution in [2.75, 3.05) is 11.9 Å². The number of carboxylic acid groups (broad SMARTS) is 1. The van der Waals surface area contributed by atoms with E-state index < -0.39 is 12.6 Å². The molecule has 1 amide bonds. The van der Waals surface area contributed by atoms with Crippen molar-refractivity contribution in [1.29, 1.82) is 0 Å². The van der Waals surface area contributed by atoms with E-state index in [-0.39, 0.29) is 5.91 Å². The quantitative estimate of drug-likeness (QED) is 0.741. The van der Waals surface area contributed by atoms with Crippen LogP contribution < -0.4 is 10.1 Å². The molecule has 1 saturated carbocycles. The third-order valence-electron chi connectivity index (χ3n) is 4.44. The van der Waals surface area contributed by atoms with Crippen molar-refractivity contribution in [1.82, 2.24) is 9.78 Å². The number of hydrogen-bond acceptors (Lipinski definition) is 4. The van der Waals surface area contributed by atoms with Gasteiger partial charge in [0.15, 0.2) is 6.61 Å². The Bertz CT molecular complexity index is 853. The molecule has 1 aliphatic carbocycles. The lowest BCUT2D eigenvalue weighted by molar-refractivity contribution is -0.139. The van der Waals surface area contributed by atoms with Gasteiger partial charge in [0.1, 0.15) is 5.75 Å². The van der Waals surface area contributed by atoms with Gasteiger partial charge >= 0.3 is 5.97 Å². The van der Waals surface area contributed by atoms with Gasteiger partial charge in [0, 0.05) is 18.2 Å². The topological polar surface area (TPSA) is 93.4 Å². The molecule has 144 valence electrons. The van der Waals surface area contributed by atoms with Crippen molar-refractivity contribution in [3.05, 3.63) is 41.2 Å². The van der Waals surface area contributed by atoms with Crippen LogP contribution >= 0.6 is 0 Å². The molecule has 0 radical (unpaired) electrons. The van der Waals surface area contributed by atoms with Gasteiger partial charge in [0.25, 0.3) is 5.91 Å². The first-order chi connectivity index (χ1) is 12.8. The number of nitrogens with one attached hydrogen (secondary N) is 1. The van der Waals surface area contributed by atoms with Crippen molar-refractivity contribution in [2.24, 2.45) is 5.92 Å². The van der Waals surface area contributed by atoms with E-state index in [4.69, 9.17) is 9.84 Å². The number of benzene rings is 1. The number of ether oxygens (including phenoxy) is 1. The number of carbonyl (C=O) groups is 2. The van der Waals surface area contributed by atoms with Crippen molar-refractivity contribution in [3.8, 4) is 5.75 Å². The number of anilines is 1. The molecule has 2 aromatic rings. The van der Waals surface area contributed by atoms with Crippen molar-refractivity contribution < 1.29 is 19.4 Å². The predicted molar refractivity (Wildman–Crippen MR) is 101 cm³/mol. The van der Waals surface area contributed by atoms with E-state index in [1.54, 1.807) is 24.4 Å². The Labute approximate surface area is 158 Å². The number of aryl methyl sites for hydroxylation is 1. The van der Waals surface area contributed by atoms with Crippen LogP contribution in [0.5, 0.6) is 5.75 Å². The number of carbonyl (C=O) groups excluding carboxylic acids is 1. The van der Waals surface area contributed by atoms with Gasteiger partial charge in [-0.25, -0.2) is 4.79 Å². The van der Waals surface area contributed by atoms with Gasteiger partial charge in [-0.3, -0.25) is 9.48 Å². The molecule has 0 unspecified atom stereocenters. The van der Waals surface area contributed by atoms with E-state index >= 15 is 0 Å². The lowest BCUT2D eigenvalue weighted by atomic mass is 10.1. The summed E-state index contributed by atoms with van der Waals surface area (Å²) >= 11 is 0. The summed E-state index contributed by atoms with van der Waals surface area (Å²) in [6, 6.07) is 5.08. The van der Waals surface area contributed by atoms with Gasteiger partial charge in [-0.2, -0.15) is 5.10 Å². The highest BCUT2D eigenvalue weighted by molar-refractivity contribution is 6.05.